The van der Waals surface area contributed by atoms with Crippen LogP contribution in [0.5, 0.6) is 5.75 Å². The maximum absolute atomic E-state index is 13.1. The molecule has 6 nitrogen and oxygen atoms in total. The Labute approximate surface area is 168 Å². The molecule has 146 valence electrons. The first-order valence-corrected chi connectivity index (χ1v) is 9.42. The number of imide groups is 1. The van der Waals surface area contributed by atoms with Crippen molar-refractivity contribution in [1.29, 1.82) is 0 Å². The van der Waals surface area contributed by atoms with Crippen LogP contribution in [0, 0.1) is 0 Å². The number of benzene rings is 3. The van der Waals surface area contributed by atoms with Gasteiger partial charge in [0.25, 0.3) is 5.91 Å². The van der Waals surface area contributed by atoms with E-state index in [0.29, 0.717) is 17.7 Å². The van der Waals surface area contributed by atoms with E-state index in [1.165, 1.54) is 0 Å². The van der Waals surface area contributed by atoms with Crippen molar-refractivity contribution in [3.05, 3.63) is 78.4 Å². The molecule has 1 aliphatic heterocycles. The predicted molar refractivity (Wildman–Crippen MR) is 108 cm³/mol. The molecule has 3 aromatic rings. The smallest absolute Gasteiger partial charge is 0.331 e. The Balaban J connectivity index is 1.51. The molecular formula is C23H20N2O4. The van der Waals surface area contributed by atoms with E-state index >= 15 is 0 Å². The Bertz CT molecular complexity index is 1100. The van der Waals surface area contributed by atoms with E-state index < -0.39 is 30.0 Å². The first-order valence-electron chi connectivity index (χ1n) is 9.42. The summed E-state index contributed by atoms with van der Waals surface area (Å²) in [6.07, 6.45) is 0.373. The average Bonchev–Trinajstić information content (AvgIpc) is 2.99. The lowest BCUT2D eigenvalue weighted by Gasteiger charge is -2.25. The van der Waals surface area contributed by atoms with E-state index in [1.807, 2.05) is 55.5 Å². The third-order valence-electron chi connectivity index (χ3n) is 5.21. The van der Waals surface area contributed by atoms with E-state index in [0.717, 1.165) is 15.7 Å². The second-order valence-corrected chi connectivity index (χ2v) is 6.93. The van der Waals surface area contributed by atoms with Crippen LogP contribution >= 0.6 is 0 Å². The van der Waals surface area contributed by atoms with E-state index in [2.05, 4.69) is 5.32 Å². The number of rotatable bonds is 5. The Kier molecular flexibility index (Phi) is 4.76. The Hall–Kier alpha value is -3.67. The van der Waals surface area contributed by atoms with Gasteiger partial charge in [-0.1, -0.05) is 67.6 Å². The van der Waals surface area contributed by atoms with Gasteiger partial charge in [0.05, 0.1) is 0 Å². The number of esters is 1. The minimum atomic E-state index is -1.17. The third kappa shape index (κ3) is 3.33. The molecule has 1 fully saturated rings. The molecule has 29 heavy (non-hydrogen) atoms. The van der Waals surface area contributed by atoms with Crippen molar-refractivity contribution >= 4 is 28.7 Å². The molecule has 1 unspecified atom stereocenters. The van der Waals surface area contributed by atoms with Gasteiger partial charge in [-0.2, -0.15) is 0 Å². The number of ether oxygens (including phenoxy) is 1. The second kappa shape index (κ2) is 7.39. The molecule has 1 N–H and O–H groups in total. The van der Waals surface area contributed by atoms with Crippen LogP contribution in [0.15, 0.2) is 72.8 Å². The van der Waals surface area contributed by atoms with Crippen LogP contribution in [0.4, 0.5) is 4.79 Å². The van der Waals surface area contributed by atoms with Gasteiger partial charge in [-0.15, -0.1) is 0 Å². The number of fused-ring (bicyclic) bond motifs is 1. The van der Waals surface area contributed by atoms with E-state index in [4.69, 9.17) is 4.74 Å². The van der Waals surface area contributed by atoms with Crippen molar-refractivity contribution in [1.82, 2.24) is 10.2 Å². The number of hydrogen-bond acceptors (Lipinski definition) is 4. The molecule has 4 rings (SSSR count). The number of carbonyl (C=O) groups excluding carboxylic acids is 3. The van der Waals surface area contributed by atoms with Gasteiger partial charge in [0.1, 0.15) is 17.8 Å². The fourth-order valence-electron chi connectivity index (χ4n) is 3.66. The zero-order valence-corrected chi connectivity index (χ0v) is 15.9. The molecule has 0 bridgehead atoms. The van der Waals surface area contributed by atoms with Gasteiger partial charge in [-0.05, 0) is 34.9 Å². The summed E-state index contributed by atoms with van der Waals surface area (Å²) in [4.78, 5) is 38.9. The van der Waals surface area contributed by atoms with E-state index in [-0.39, 0.29) is 0 Å². The van der Waals surface area contributed by atoms with E-state index in [1.54, 1.807) is 24.3 Å². The molecule has 1 saturated heterocycles. The fourth-order valence-corrected chi connectivity index (χ4v) is 3.66. The maximum atomic E-state index is 13.1. The van der Waals surface area contributed by atoms with Crippen molar-refractivity contribution in [2.24, 2.45) is 0 Å². The van der Waals surface area contributed by atoms with Crippen LogP contribution in [-0.4, -0.2) is 29.4 Å². The highest BCUT2D eigenvalue weighted by molar-refractivity contribution is 6.09. The van der Waals surface area contributed by atoms with Crippen molar-refractivity contribution in [2.45, 2.75) is 18.9 Å². The molecule has 1 atom stereocenters. The van der Waals surface area contributed by atoms with Crippen LogP contribution in [0.2, 0.25) is 0 Å². The molecule has 1 aliphatic rings. The maximum Gasteiger partial charge on any atom is 0.331 e. The van der Waals surface area contributed by atoms with Gasteiger partial charge in [-0.3, -0.25) is 9.69 Å². The number of hydrogen-bond donors (Lipinski definition) is 1. The standard InChI is InChI=1S/C23H20N2O4/c1-2-23(18-10-4-3-5-11-18)21(27)25(22(28)24-23)15-20(26)29-19-13-12-16-8-6-7-9-17(16)14-19/h3-14H,2,15H2,1H3,(H,24,28). The number of amides is 3. The van der Waals surface area contributed by atoms with Crippen molar-refractivity contribution in [3.8, 4) is 5.75 Å². The summed E-state index contributed by atoms with van der Waals surface area (Å²) < 4.78 is 5.38. The molecule has 6 heteroatoms. The summed E-state index contributed by atoms with van der Waals surface area (Å²) in [5.74, 6) is -0.763. The van der Waals surface area contributed by atoms with Crippen LogP contribution in [0.3, 0.4) is 0 Å². The minimum Gasteiger partial charge on any atom is -0.425 e. The van der Waals surface area contributed by atoms with Gasteiger partial charge in [0, 0.05) is 0 Å². The van der Waals surface area contributed by atoms with E-state index in [9.17, 15) is 14.4 Å². The molecule has 0 aliphatic carbocycles. The van der Waals surface area contributed by atoms with Crippen molar-refractivity contribution < 1.29 is 19.1 Å². The van der Waals surface area contributed by atoms with Gasteiger partial charge in [0.15, 0.2) is 0 Å². The Morgan fingerprint density at radius 1 is 0.966 bits per heavy atom. The molecule has 0 aromatic heterocycles. The molecule has 3 aromatic carbocycles. The molecule has 3 amide bonds. The highest BCUT2D eigenvalue weighted by Crippen LogP contribution is 2.32. The highest BCUT2D eigenvalue weighted by atomic mass is 16.5. The zero-order valence-electron chi connectivity index (χ0n) is 15.9. The summed E-state index contributed by atoms with van der Waals surface area (Å²) >= 11 is 0. The topological polar surface area (TPSA) is 75.7 Å². The lowest BCUT2D eigenvalue weighted by Crippen LogP contribution is -2.44. The second-order valence-electron chi connectivity index (χ2n) is 6.93. The number of nitrogens with one attached hydrogen (secondary N) is 1. The normalized spacial score (nSPS) is 18.7. The summed E-state index contributed by atoms with van der Waals surface area (Å²) in [6, 6.07) is 21.4. The Morgan fingerprint density at radius 2 is 1.66 bits per heavy atom. The molecule has 0 spiro atoms. The highest BCUT2D eigenvalue weighted by Gasteiger charge is 2.51. The monoisotopic (exact) mass is 388 g/mol. The van der Waals surface area contributed by atoms with Gasteiger partial charge in [0.2, 0.25) is 0 Å². The summed E-state index contributed by atoms with van der Waals surface area (Å²) in [5, 5.41) is 4.71. The largest absolute Gasteiger partial charge is 0.425 e. The zero-order chi connectivity index (χ0) is 20.4. The molecule has 0 radical (unpaired) electrons. The molecule has 0 saturated carbocycles. The Morgan fingerprint density at radius 3 is 2.38 bits per heavy atom. The van der Waals surface area contributed by atoms with Crippen molar-refractivity contribution in [3.63, 3.8) is 0 Å². The summed E-state index contributed by atoms with van der Waals surface area (Å²) in [6.45, 7) is 1.37. The van der Waals surface area contributed by atoms with Crippen molar-refractivity contribution in [2.75, 3.05) is 6.54 Å². The van der Waals surface area contributed by atoms with Crippen LogP contribution in [-0.2, 0) is 15.1 Å². The van der Waals surface area contributed by atoms with Crippen LogP contribution < -0.4 is 10.1 Å². The van der Waals surface area contributed by atoms with Gasteiger partial charge >= 0.3 is 12.0 Å². The lowest BCUT2D eigenvalue weighted by atomic mass is 9.87. The first-order chi connectivity index (χ1) is 14.0. The first kappa shape index (κ1) is 18.7. The number of nitrogens with zero attached hydrogens (tertiary/aromatic N) is 1. The molecular weight excluding hydrogens is 368 g/mol. The summed E-state index contributed by atoms with van der Waals surface area (Å²) in [7, 11) is 0. The van der Waals surface area contributed by atoms with Crippen LogP contribution in [0.1, 0.15) is 18.9 Å². The lowest BCUT2D eigenvalue weighted by molar-refractivity contribution is -0.141. The van der Waals surface area contributed by atoms with Gasteiger partial charge < -0.3 is 10.1 Å². The average molecular weight is 388 g/mol. The number of carbonyl (C=O) groups is 3. The molecule has 1 heterocycles. The minimum absolute atomic E-state index is 0.366. The SMILES string of the molecule is CCC1(c2ccccc2)NC(=O)N(CC(=O)Oc2ccc3ccccc3c2)C1=O. The summed E-state index contributed by atoms with van der Waals surface area (Å²) in [5.41, 5.74) is -0.479. The number of urea groups is 1. The third-order valence-corrected chi connectivity index (χ3v) is 5.21. The van der Waals surface area contributed by atoms with Gasteiger partial charge in [-0.25, -0.2) is 9.59 Å². The quantitative estimate of drug-likeness (QED) is 0.412. The fraction of sp³-hybridized carbons (Fsp3) is 0.174. The van der Waals surface area contributed by atoms with Crippen LogP contribution in [0.25, 0.3) is 10.8 Å². The predicted octanol–water partition coefficient (Wildman–Crippen LogP) is 3.60.